The minimum absolute atomic E-state index is 0.203. The average Bonchev–Trinajstić information content (AvgIpc) is 2.93. The van der Waals surface area contributed by atoms with E-state index in [-0.39, 0.29) is 11.8 Å². The van der Waals surface area contributed by atoms with Crippen LogP contribution in [0.3, 0.4) is 0 Å². The molecule has 37 heavy (non-hydrogen) atoms. The molecule has 1 saturated heterocycles. The number of methoxy groups -OCH3 is 2. The van der Waals surface area contributed by atoms with Gasteiger partial charge in [0.25, 0.3) is 11.8 Å². The van der Waals surface area contributed by atoms with Crippen molar-refractivity contribution in [3.63, 3.8) is 0 Å². The van der Waals surface area contributed by atoms with Gasteiger partial charge in [0, 0.05) is 56.8 Å². The van der Waals surface area contributed by atoms with Crippen molar-refractivity contribution >= 4 is 28.9 Å². The van der Waals surface area contributed by atoms with E-state index in [1.807, 2.05) is 49.4 Å². The third-order valence-electron chi connectivity index (χ3n) is 6.45. The highest BCUT2D eigenvalue weighted by molar-refractivity contribution is 6.06. The van der Waals surface area contributed by atoms with Gasteiger partial charge in [-0.15, -0.1) is 0 Å². The largest absolute Gasteiger partial charge is 0.495 e. The number of carbonyl (C=O) groups excluding carboxylic acids is 2. The smallest absolute Gasteiger partial charge is 0.255 e. The number of aryl methyl sites for hydroxylation is 1. The average molecular weight is 503 g/mol. The Kier molecular flexibility index (Phi) is 8.64. The number of piperazine rings is 1. The first-order valence-corrected chi connectivity index (χ1v) is 12.4. The molecule has 1 heterocycles. The number of nitrogens with one attached hydrogen (secondary N) is 2. The molecule has 0 aliphatic carbocycles. The summed E-state index contributed by atoms with van der Waals surface area (Å²) < 4.78 is 10.6. The van der Waals surface area contributed by atoms with E-state index < -0.39 is 0 Å². The van der Waals surface area contributed by atoms with Crippen LogP contribution in [0.25, 0.3) is 0 Å². The van der Waals surface area contributed by atoms with Crippen LogP contribution in [-0.4, -0.2) is 65.4 Å². The summed E-state index contributed by atoms with van der Waals surface area (Å²) in [5.74, 6) is 0.428. The van der Waals surface area contributed by atoms with E-state index in [1.165, 1.54) is 0 Å². The first-order valence-electron chi connectivity index (χ1n) is 12.4. The van der Waals surface area contributed by atoms with Crippen LogP contribution in [0.2, 0.25) is 0 Å². The van der Waals surface area contributed by atoms with Crippen molar-refractivity contribution in [3.8, 4) is 5.75 Å². The van der Waals surface area contributed by atoms with Crippen LogP contribution in [0.5, 0.6) is 5.75 Å². The summed E-state index contributed by atoms with van der Waals surface area (Å²) in [5.41, 5.74) is 4.64. The molecule has 1 fully saturated rings. The molecule has 0 unspecified atom stereocenters. The second kappa shape index (κ2) is 12.3. The van der Waals surface area contributed by atoms with Crippen molar-refractivity contribution in [2.24, 2.45) is 0 Å². The molecule has 1 aliphatic heterocycles. The summed E-state index contributed by atoms with van der Waals surface area (Å²) >= 11 is 0. The van der Waals surface area contributed by atoms with Gasteiger partial charge in [0.2, 0.25) is 0 Å². The zero-order valence-corrected chi connectivity index (χ0v) is 21.6. The summed E-state index contributed by atoms with van der Waals surface area (Å²) in [5, 5.41) is 5.84. The maximum atomic E-state index is 13.2. The fourth-order valence-electron chi connectivity index (χ4n) is 4.42. The molecule has 3 aromatic carbocycles. The molecule has 0 radical (unpaired) electrons. The van der Waals surface area contributed by atoms with Gasteiger partial charge in [0.1, 0.15) is 5.75 Å². The number of para-hydroxylation sites is 2. The van der Waals surface area contributed by atoms with Gasteiger partial charge < -0.3 is 29.9 Å². The summed E-state index contributed by atoms with van der Waals surface area (Å²) in [6.07, 6.45) is 0. The fourth-order valence-corrected chi connectivity index (χ4v) is 4.42. The highest BCUT2D eigenvalue weighted by Crippen LogP contribution is 2.31. The van der Waals surface area contributed by atoms with Gasteiger partial charge in [-0.25, -0.2) is 0 Å². The second-order valence-electron chi connectivity index (χ2n) is 8.95. The Labute approximate surface area is 218 Å². The monoisotopic (exact) mass is 502 g/mol. The Morgan fingerprint density at radius 3 is 2.19 bits per heavy atom. The number of carbonyl (C=O) groups is 2. The zero-order valence-electron chi connectivity index (χ0n) is 21.6. The molecule has 2 amide bonds. The van der Waals surface area contributed by atoms with Gasteiger partial charge in [0.05, 0.1) is 25.0 Å². The van der Waals surface area contributed by atoms with E-state index in [9.17, 15) is 9.59 Å². The molecule has 0 spiro atoms. The van der Waals surface area contributed by atoms with E-state index in [1.54, 1.807) is 32.4 Å². The first-order chi connectivity index (χ1) is 18.0. The summed E-state index contributed by atoms with van der Waals surface area (Å²) in [7, 11) is 3.28. The molecule has 0 bridgehead atoms. The standard InChI is InChI=1S/C29H34N4O4/c1-21-8-10-22(11-9-21)28(34)31-23-12-13-25(24(20-23)29(35)30-14-19-36-2)32-15-17-33(18-16-32)26-6-4-5-7-27(26)37-3/h4-13,20H,14-19H2,1-3H3,(H,30,35)(H,31,34). The Balaban J connectivity index is 1.53. The van der Waals surface area contributed by atoms with E-state index in [2.05, 4.69) is 26.5 Å². The van der Waals surface area contributed by atoms with Crippen molar-refractivity contribution < 1.29 is 19.1 Å². The summed E-state index contributed by atoms with van der Waals surface area (Å²) in [6, 6.07) is 20.9. The van der Waals surface area contributed by atoms with Gasteiger partial charge >= 0.3 is 0 Å². The van der Waals surface area contributed by atoms with Crippen LogP contribution in [-0.2, 0) is 4.74 Å². The molecule has 8 nitrogen and oxygen atoms in total. The highest BCUT2D eigenvalue weighted by atomic mass is 16.5. The van der Waals surface area contributed by atoms with Crippen LogP contribution >= 0.6 is 0 Å². The first kappa shape index (κ1) is 26.0. The Bertz CT molecular complexity index is 1220. The SMILES string of the molecule is COCCNC(=O)c1cc(NC(=O)c2ccc(C)cc2)ccc1N1CCN(c2ccccc2OC)CC1. The highest BCUT2D eigenvalue weighted by Gasteiger charge is 2.24. The zero-order chi connectivity index (χ0) is 26.2. The van der Waals surface area contributed by atoms with Gasteiger partial charge in [-0.1, -0.05) is 29.8 Å². The number of hydrogen-bond acceptors (Lipinski definition) is 6. The van der Waals surface area contributed by atoms with E-state index in [0.717, 1.165) is 48.9 Å². The normalized spacial score (nSPS) is 13.3. The summed E-state index contributed by atoms with van der Waals surface area (Å²) in [6.45, 7) is 5.86. The van der Waals surface area contributed by atoms with Gasteiger partial charge in [-0.2, -0.15) is 0 Å². The molecule has 0 saturated carbocycles. The third kappa shape index (κ3) is 6.40. The molecule has 2 N–H and O–H groups in total. The predicted octanol–water partition coefficient (Wildman–Crippen LogP) is 3.96. The number of ether oxygens (including phenoxy) is 2. The Morgan fingerprint density at radius 2 is 1.51 bits per heavy atom. The van der Waals surface area contributed by atoms with Crippen molar-refractivity contribution in [2.45, 2.75) is 6.92 Å². The number of nitrogens with zero attached hydrogens (tertiary/aromatic N) is 2. The molecule has 1 aliphatic rings. The van der Waals surface area contributed by atoms with Gasteiger partial charge in [-0.3, -0.25) is 9.59 Å². The summed E-state index contributed by atoms with van der Waals surface area (Å²) in [4.78, 5) is 30.4. The lowest BCUT2D eigenvalue weighted by Crippen LogP contribution is -2.47. The minimum Gasteiger partial charge on any atom is -0.495 e. The molecule has 4 rings (SSSR count). The topological polar surface area (TPSA) is 83.1 Å². The van der Waals surface area contributed by atoms with E-state index >= 15 is 0 Å². The van der Waals surface area contributed by atoms with Gasteiger partial charge in [0.15, 0.2) is 0 Å². The second-order valence-corrected chi connectivity index (χ2v) is 8.95. The van der Waals surface area contributed by atoms with Crippen LogP contribution in [0.1, 0.15) is 26.3 Å². The van der Waals surface area contributed by atoms with Crippen LogP contribution in [0.15, 0.2) is 66.7 Å². The minimum atomic E-state index is -0.219. The van der Waals surface area contributed by atoms with Crippen molar-refractivity contribution in [2.75, 3.05) is 68.7 Å². The Hall–Kier alpha value is -4.04. The number of amides is 2. The number of hydrogen-bond donors (Lipinski definition) is 2. The number of anilines is 3. The molecular weight excluding hydrogens is 468 g/mol. The van der Waals surface area contributed by atoms with Crippen molar-refractivity contribution in [3.05, 3.63) is 83.4 Å². The third-order valence-corrected chi connectivity index (χ3v) is 6.45. The van der Waals surface area contributed by atoms with E-state index in [0.29, 0.717) is 30.0 Å². The number of benzene rings is 3. The van der Waals surface area contributed by atoms with Crippen LogP contribution in [0.4, 0.5) is 17.1 Å². The van der Waals surface area contributed by atoms with Crippen molar-refractivity contribution in [1.29, 1.82) is 0 Å². The molecule has 8 heteroatoms. The number of rotatable bonds is 9. The molecular formula is C29H34N4O4. The lowest BCUT2D eigenvalue weighted by Gasteiger charge is -2.38. The molecule has 194 valence electrons. The maximum Gasteiger partial charge on any atom is 0.255 e. The van der Waals surface area contributed by atoms with Crippen LogP contribution in [0, 0.1) is 6.92 Å². The van der Waals surface area contributed by atoms with Crippen LogP contribution < -0.4 is 25.2 Å². The van der Waals surface area contributed by atoms with Crippen molar-refractivity contribution in [1.82, 2.24) is 5.32 Å². The molecule has 3 aromatic rings. The predicted molar refractivity (Wildman–Crippen MR) is 147 cm³/mol. The molecule has 0 aromatic heterocycles. The van der Waals surface area contributed by atoms with Gasteiger partial charge in [-0.05, 0) is 49.4 Å². The lowest BCUT2D eigenvalue weighted by molar-refractivity contribution is 0.0936. The van der Waals surface area contributed by atoms with E-state index in [4.69, 9.17) is 9.47 Å². The maximum absolute atomic E-state index is 13.2. The Morgan fingerprint density at radius 1 is 0.838 bits per heavy atom. The quantitative estimate of drug-likeness (QED) is 0.431. The fraction of sp³-hybridized carbons (Fsp3) is 0.310. The lowest BCUT2D eigenvalue weighted by atomic mass is 10.1. The molecule has 0 atom stereocenters.